The standard InChI is InChI=1S/C12H8F4N2/c13-9-5-10(11(17)18-6-9)7-1-3-8(4-2-7)12(14,15)16/h1-6H,(H2,17,18). The van der Waals surface area contributed by atoms with Gasteiger partial charge in [0.15, 0.2) is 0 Å². The van der Waals surface area contributed by atoms with E-state index in [9.17, 15) is 17.6 Å². The highest BCUT2D eigenvalue weighted by atomic mass is 19.4. The number of alkyl halides is 3. The highest BCUT2D eigenvalue weighted by Crippen LogP contribution is 2.32. The molecule has 1 aromatic carbocycles. The molecular formula is C12H8F4N2. The first-order valence-corrected chi connectivity index (χ1v) is 4.96. The summed E-state index contributed by atoms with van der Waals surface area (Å²) < 4.78 is 50.1. The second kappa shape index (κ2) is 4.29. The van der Waals surface area contributed by atoms with Crippen LogP contribution in [0.4, 0.5) is 23.4 Å². The number of aromatic nitrogens is 1. The van der Waals surface area contributed by atoms with Gasteiger partial charge in [-0.25, -0.2) is 9.37 Å². The molecule has 2 N–H and O–H groups in total. The van der Waals surface area contributed by atoms with Gasteiger partial charge in [-0.05, 0) is 23.8 Å². The Balaban J connectivity index is 2.43. The van der Waals surface area contributed by atoms with Gasteiger partial charge in [0.2, 0.25) is 0 Å². The molecule has 0 aliphatic rings. The monoisotopic (exact) mass is 256 g/mol. The van der Waals surface area contributed by atoms with E-state index in [0.29, 0.717) is 5.56 Å². The van der Waals surface area contributed by atoms with E-state index in [0.717, 1.165) is 24.4 Å². The van der Waals surface area contributed by atoms with E-state index in [-0.39, 0.29) is 11.4 Å². The van der Waals surface area contributed by atoms with Crippen LogP contribution in [-0.4, -0.2) is 4.98 Å². The summed E-state index contributed by atoms with van der Waals surface area (Å²) in [6.07, 6.45) is -3.45. The minimum Gasteiger partial charge on any atom is -0.383 e. The van der Waals surface area contributed by atoms with Crippen molar-refractivity contribution in [2.45, 2.75) is 6.18 Å². The maximum absolute atomic E-state index is 13.0. The summed E-state index contributed by atoms with van der Waals surface area (Å²) in [6.45, 7) is 0. The summed E-state index contributed by atoms with van der Waals surface area (Å²) in [5.41, 5.74) is 5.43. The quantitative estimate of drug-likeness (QED) is 0.793. The van der Waals surface area contributed by atoms with Crippen molar-refractivity contribution in [1.82, 2.24) is 4.98 Å². The molecule has 0 fully saturated rings. The maximum Gasteiger partial charge on any atom is 0.416 e. The Morgan fingerprint density at radius 1 is 1.06 bits per heavy atom. The van der Waals surface area contributed by atoms with Gasteiger partial charge in [-0.3, -0.25) is 0 Å². The van der Waals surface area contributed by atoms with Gasteiger partial charge in [-0.2, -0.15) is 13.2 Å². The molecule has 0 amide bonds. The van der Waals surface area contributed by atoms with Crippen molar-refractivity contribution in [3.05, 3.63) is 47.9 Å². The van der Waals surface area contributed by atoms with Gasteiger partial charge >= 0.3 is 6.18 Å². The highest BCUT2D eigenvalue weighted by Gasteiger charge is 2.30. The van der Waals surface area contributed by atoms with Gasteiger partial charge in [-0.1, -0.05) is 12.1 Å². The van der Waals surface area contributed by atoms with Crippen LogP contribution < -0.4 is 5.73 Å². The van der Waals surface area contributed by atoms with E-state index in [1.807, 2.05) is 0 Å². The number of nitrogen functional groups attached to an aromatic ring is 1. The molecule has 0 aliphatic carbocycles. The van der Waals surface area contributed by atoms with Gasteiger partial charge in [0, 0.05) is 5.56 Å². The zero-order chi connectivity index (χ0) is 13.3. The number of halogens is 4. The van der Waals surface area contributed by atoms with Crippen molar-refractivity contribution in [1.29, 1.82) is 0 Å². The van der Waals surface area contributed by atoms with Crippen LogP contribution in [0.5, 0.6) is 0 Å². The fourth-order valence-electron chi connectivity index (χ4n) is 1.52. The lowest BCUT2D eigenvalue weighted by Gasteiger charge is -2.08. The summed E-state index contributed by atoms with van der Waals surface area (Å²) >= 11 is 0. The lowest BCUT2D eigenvalue weighted by molar-refractivity contribution is -0.137. The van der Waals surface area contributed by atoms with Crippen molar-refractivity contribution < 1.29 is 17.6 Å². The molecule has 0 unspecified atom stereocenters. The van der Waals surface area contributed by atoms with Crippen LogP contribution in [0.1, 0.15) is 5.56 Å². The topological polar surface area (TPSA) is 38.9 Å². The molecule has 2 aromatic rings. The first-order valence-electron chi connectivity index (χ1n) is 4.96. The van der Waals surface area contributed by atoms with Gasteiger partial charge < -0.3 is 5.73 Å². The minimum absolute atomic E-state index is 0.0659. The SMILES string of the molecule is Nc1ncc(F)cc1-c1ccc(C(F)(F)F)cc1. The van der Waals surface area contributed by atoms with Gasteiger partial charge in [0.1, 0.15) is 11.6 Å². The van der Waals surface area contributed by atoms with Crippen LogP contribution in [0.3, 0.4) is 0 Å². The third-order valence-electron chi connectivity index (χ3n) is 2.41. The van der Waals surface area contributed by atoms with Crippen LogP contribution in [0.2, 0.25) is 0 Å². The summed E-state index contributed by atoms with van der Waals surface area (Å²) in [4.78, 5) is 3.61. The van der Waals surface area contributed by atoms with Crippen LogP contribution in [-0.2, 0) is 6.18 Å². The molecule has 94 valence electrons. The molecule has 6 heteroatoms. The van der Waals surface area contributed by atoms with Crippen LogP contribution in [0.15, 0.2) is 36.5 Å². The Bertz CT molecular complexity index is 561. The fourth-order valence-corrected chi connectivity index (χ4v) is 1.52. The summed E-state index contributed by atoms with van der Waals surface area (Å²) in [7, 11) is 0. The number of anilines is 1. The maximum atomic E-state index is 13.0. The summed E-state index contributed by atoms with van der Waals surface area (Å²) in [5.74, 6) is -0.532. The van der Waals surface area contributed by atoms with Crippen molar-refractivity contribution >= 4 is 5.82 Å². The first kappa shape index (κ1) is 12.3. The number of rotatable bonds is 1. The number of benzene rings is 1. The van der Waals surface area contributed by atoms with Gasteiger partial charge in [0.25, 0.3) is 0 Å². The number of nitrogens with zero attached hydrogens (tertiary/aromatic N) is 1. The molecule has 0 radical (unpaired) electrons. The predicted molar refractivity (Wildman–Crippen MR) is 59.0 cm³/mol. The number of pyridine rings is 1. The lowest BCUT2D eigenvalue weighted by atomic mass is 10.0. The van der Waals surface area contributed by atoms with Crippen LogP contribution >= 0.6 is 0 Å². The van der Waals surface area contributed by atoms with Crippen LogP contribution in [0.25, 0.3) is 11.1 Å². The smallest absolute Gasteiger partial charge is 0.383 e. The van der Waals surface area contributed by atoms with Crippen LogP contribution in [0, 0.1) is 5.82 Å². The first-order chi connectivity index (χ1) is 8.38. The number of nitrogens with two attached hydrogens (primary N) is 1. The second-order valence-electron chi connectivity index (χ2n) is 3.66. The normalized spacial score (nSPS) is 11.6. The molecule has 0 atom stereocenters. The second-order valence-corrected chi connectivity index (χ2v) is 3.66. The molecular weight excluding hydrogens is 248 g/mol. The summed E-state index contributed by atoms with van der Waals surface area (Å²) in [5, 5.41) is 0. The predicted octanol–water partition coefficient (Wildman–Crippen LogP) is 3.49. The number of hydrogen-bond donors (Lipinski definition) is 1. The largest absolute Gasteiger partial charge is 0.416 e. The van der Waals surface area contributed by atoms with E-state index in [2.05, 4.69) is 4.98 Å². The zero-order valence-corrected chi connectivity index (χ0v) is 9.00. The molecule has 0 bridgehead atoms. The van der Waals surface area contributed by atoms with E-state index >= 15 is 0 Å². The Hall–Kier alpha value is -2.11. The highest BCUT2D eigenvalue weighted by molar-refractivity contribution is 5.73. The van der Waals surface area contributed by atoms with E-state index in [1.54, 1.807) is 0 Å². The molecule has 1 aromatic heterocycles. The summed E-state index contributed by atoms with van der Waals surface area (Å²) in [6, 6.07) is 5.43. The van der Waals surface area contributed by atoms with Crippen molar-refractivity contribution in [2.24, 2.45) is 0 Å². The fraction of sp³-hybridized carbons (Fsp3) is 0.0833. The molecule has 18 heavy (non-hydrogen) atoms. The van der Waals surface area contributed by atoms with Crippen molar-refractivity contribution in [3.63, 3.8) is 0 Å². The molecule has 0 spiro atoms. The molecule has 0 aliphatic heterocycles. The van der Waals surface area contributed by atoms with Crippen molar-refractivity contribution in [2.75, 3.05) is 5.73 Å². The molecule has 0 saturated carbocycles. The van der Waals surface area contributed by atoms with E-state index in [4.69, 9.17) is 5.73 Å². The van der Waals surface area contributed by atoms with Crippen molar-refractivity contribution in [3.8, 4) is 11.1 Å². The Kier molecular flexibility index (Phi) is 2.94. The molecule has 2 nitrogen and oxygen atoms in total. The zero-order valence-electron chi connectivity index (χ0n) is 9.00. The molecule has 0 saturated heterocycles. The third-order valence-corrected chi connectivity index (χ3v) is 2.41. The Morgan fingerprint density at radius 2 is 1.67 bits per heavy atom. The third kappa shape index (κ3) is 2.42. The molecule has 1 heterocycles. The van der Waals surface area contributed by atoms with Gasteiger partial charge in [0.05, 0.1) is 11.8 Å². The Morgan fingerprint density at radius 3 is 2.22 bits per heavy atom. The lowest BCUT2D eigenvalue weighted by Crippen LogP contribution is -2.04. The Labute approximate surface area is 100 Å². The average molecular weight is 256 g/mol. The average Bonchev–Trinajstić information content (AvgIpc) is 2.31. The molecule has 2 rings (SSSR count). The number of hydrogen-bond acceptors (Lipinski definition) is 2. The minimum atomic E-state index is -4.40. The van der Waals surface area contributed by atoms with Gasteiger partial charge in [-0.15, -0.1) is 0 Å². The van der Waals surface area contributed by atoms with E-state index < -0.39 is 17.6 Å². The van der Waals surface area contributed by atoms with E-state index in [1.165, 1.54) is 12.1 Å².